The minimum atomic E-state index is -1.15. The number of non-ortho nitro benzene ring substituents is 1. The molecule has 1 aromatic rings. The van der Waals surface area contributed by atoms with Gasteiger partial charge in [0.25, 0.3) is 5.69 Å². The number of nitro groups is 3. The summed E-state index contributed by atoms with van der Waals surface area (Å²) in [6, 6.07) is -0.252. The van der Waals surface area contributed by atoms with Gasteiger partial charge in [-0.1, -0.05) is 13.8 Å². The predicted octanol–water partition coefficient (Wildman–Crippen LogP) is 1.23. The average Bonchev–Trinajstić information content (AvgIpc) is 2.50. The van der Waals surface area contributed by atoms with Gasteiger partial charge in [0.15, 0.2) is 0 Å². The van der Waals surface area contributed by atoms with E-state index < -0.39 is 49.6 Å². The van der Waals surface area contributed by atoms with Gasteiger partial charge in [-0.3, -0.25) is 35.2 Å². The second kappa shape index (κ2) is 7.28. The van der Waals surface area contributed by atoms with Crippen LogP contribution in [0.25, 0.3) is 0 Å². The number of rotatable bonds is 7. The highest BCUT2D eigenvalue weighted by molar-refractivity contribution is 5.75. The summed E-state index contributed by atoms with van der Waals surface area (Å²) in [5.41, 5.74) is 2.36. The van der Waals surface area contributed by atoms with Gasteiger partial charge in [-0.15, -0.1) is 0 Å². The molecule has 0 aliphatic heterocycles. The molecule has 0 aromatic heterocycles. The van der Waals surface area contributed by atoms with Crippen LogP contribution >= 0.6 is 0 Å². The Bertz CT molecular complexity index is 668. The number of nitrogens with two attached hydrogens (primary N) is 1. The van der Waals surface area contributed by atoms with Crippen LogP contribution in [0.1, 0.15) is 13.8 Å². The topological polar surface area (TPSA) is 191 Å². The van der Waals surface area contributed by atoms with Gasteiger partial charge < -0.3 is 5.73 Å². The van der Waals surface area contributed by atoms with Crippen molar-refractivity contribution in [3.63, 3.8) is 0 Å². The van der Waals surface area contributed by atoms with Crippen molar-refractivity contribution < 1.29 is 29.3 Å². The van der Waals surface area contributed by atoms with Crippen LogP contribution < -0.4 is 10.6 Å². The van der Waals surface area contributed by atoms with E-state index in [1.54, 1.807) is 13.8 Å². The smallest absolute Gasteiger partial charge is 0.318 e. The summed E-state index contributed by atoms with van der Waals surface area (Å²) in [6.07, 6.45) is 0. The second-order valence-corrected chi connectivity index (χ2v) is 4.84. The second-order valence-electron chi connectivity index (χ2n) is 4.84. The van der Waals surface area contributed by atoms with Crippen LogP contribution in [0, 0.1) is 36.3 Å². The Morgan fingerprint density at radius 2 is 1.50 bits per heavy atom. The first kappa shape index (κ1) is 18.7. The van der Waals surface area contributed by atoms with E-state index in [0.717, 1.165) is 0 Å². The number of carbonyl (C=O) groups is 1. The summed E-state index contributed by atoms with van der Waals surface area (Å²) in [6.45, 7) is 3.17. The van der Waals surface area contributed by atoms with E-state index in [1.807, 2.05) is 0 Å². The zero-order chi connectivity index (χ0) is 18.6. The van der Waals surface area contributed by atoms with Crippen LogP contribution in [0.5, 0.6) is 5.75 Å². The van der Waals surface area contributed by atoms with Gasteiger partial charge in [0.05, 0.1) is 26.9 Å². The molecular formula is C11H12N4O9. The van der Waals surface area contributed by atoms with Gasteiger partial charge in [0, 0.05) is 0 Å². The van der Waals surface area contributed by atoms with Gasteiger partial charge >= 0.3 is 23.1 Å². The van der Waals surface area contributed by atoms with Crippen LogP contribution in [-0.4, -0.2) is 26.8 Å². The lowest BCUT2D eigenvalue weighted by Crippen LogP contribution is -2.37. The Hall–Kier alpha value is -3.35. The lowest BCUT2D eigenvalue weighted by molar-refractivity contribution is -0.407. The Balaban J connectivity index is 3.29. The van der Waals surface area contributed by atoms with Crippen molar-refractivity contribution in [2.75, 3.05) is 0 Å². The number of nitrogens with zero attached hydrogens (tertiary/aromatic N) is 3. The third-order valence-electron chi connectivity index (χ3n) is 2.84. The van der Waals surface area contributed by atoms with Gasteiger partial charge in [0.2, 0.25) is 0 Å². The predicted molar refractivity (Wildman–Crippen MR) is 75.9 cm³/mol. The molecule has 0 heterocycles. The summed E-state index contributed by atoms with van der Waals surface area (Å²) in [5.74, 6) is -2.53. The molecule has 0 unspecified atom stereocenters. The molecule has 0 saturated carbocycles. The summed E-state index contributed by atoms with van der Waals surface area (Å²) in [7, 11) is 0. The Labute approximate surface area is 133 Å². The molecule has 0 fully saturated rings. The first-order valence-corrected chi connectivity index (χ1v) is 6.31. The Morgan fingerprint density at radius 3 is 1.83 bits per heavy atom. The molecule has 1 atom stereocenters. The van der Waals surface area contributed by atoms with Crippen LogP contribution in [0.15, 0.2) is 12.1 Å². The van der Waals surface area contributed by atoms with E-state index >= 15 is 0 Å². The number of nitro benzene ring substituents is 3. The normalized spacial score (nSPS) is 11.7. The fraction of sp³-hybridized carbons (Fsp3) is 0.364. The van der Waals surface area contributed by atoms with Gasteiger partial charge in [-0.05, 0) is 5.92 Å². The summed E-state index contributed by atoms with van der Waals surface area (Å²) < 4.78 is 0. The highest BCUT2D eigenvalue weighted by atomic mass is 17.2. The van der Waals surface area contributed by atoms with Crippen LogP contribution in [0.2, 0.25) is 0 Å². The number of hydrogen-bond donors (Lipinski definition) is 1. The quantitative estimate of drug-likeness (QED) is 0.427. The summed E-state index contributed by atoms with van der Waals surface area (Å²) in [4.78, 5) is 49.6. The molecule has 24 heavy (non-hydrogen) atoms. The first-order valence-electron chi connectivity index (χ1n) is 6.31. The molecule has 1 rings (SSSR count). The zero-order valence-electron chi connectivity index (χ0n) is 12.4. The van der Waals surface area contributed by atoms with Crippen molar-refractivity contribution in [3.8, 4) is 5.75 Å². The molecule has 0 radical (unpaired) electrons. The third kappa shape index (κ3) is 4.10. The van der Waals surface area contributed by atoms with Crippen molar-refractivity contribution in [1.82, 2.24) is 0 Å². The minimum Gasteiger partial charge on any atom is -0.318 e. The van der Waals surface area contributed by atoms with Crippen molar-refractivity contribution in [1.29, 1.82) is 0 Å². The van der Waals surface area contributed by atoms with Crippen molar-refractivity contribution in [3.05, 3.63) is 42.5 Å². The van der Waals surface area contributed by atoms with E-state index in [-0.39, 0.29) is 5.92 Å². The van der Waals surface area contributed by atoms with E-state index in [4.69, 9.17) is 5.73 Å². The number of hydrogen-bond acceptors (Lipinski definition) is 10. The molecule has 130 valence electrons. The Morgan fingerprint density at radius 1 is 1.04 bits per heavy atom. The summed E-state index contributed by atoms with van der Waals surface area (Å²) in [5, 5.41) is 32.7. The minimum absolute atomic E-state index is 0.358. The maximum Gasteiger partial charge on any atom is 0.372 e. The molecule has 13 heteroatoms. The number of benzene rings is 1. The molecule has 1 aromatic carbocycles. The average molecular weight is 344 g/mol. The molecule has 0 aliphatic rings. The van der Waals surface area contributed by atoms with Crippen molar-refractivity contribution in [2.24, 2.45) is 11.7 Å². The molecular weight excluding hydrogens is 332 g/mol. The zero-order valence-corrected chi connectivity index (χ0v) is 12.4. The molecule has 0 spiro atoms. The lowest BCUT2D eigenvalue weighted by atomic mass is 10.1. The van der Waals surface area contributed by atoms with Crippen LogP contribution in [0.4, 0.5) is 17.1 Å². The Kier molecular flexibility index (Phi) is 5.67. The van der Waals surface area contributed by atoms with E-state index in [9.17, 15) is 35.1 Å². The monoisotopic (exact) mass is 344 g/mol. The van der Waals surface area contributed by atoms with Gasteiger partial charge in [-0.2, -0.15) is 0 Å². The maximum atomic E-state index is 11.6. The highest BCUT2D eigenvalue weighted by Crippen LogP contribution is 2.40. The fourth-order valence-electron chi connectivity index (χ4n) is 1.46. The van der Waals surface area contributed by atoms with Crippen LogP contribution in [-0.2, 0) is 9.68 Å². The lowest BCUT2D eigenvalue weighted by Gasteiger charge is -2.13. The van der Waals surface area contributed by atoms with E-state index in [1.165, 1.54) is 0 Å². The standard InChI is InChI=1S/C11H12N4O9/c1-5(2)9(12)11(16)24-23-10-7(14(19)20)3-6(13(17)18)4-8(10)15(21)22/h3-5,9H,12H2,1-2H3/t9-/m0/s1. The fourth-order valence-corrected chi connectivity index (χ4v) is 1.46. The molecule has 13 nitrogen and oxygen atoms in total. The van der Waals surface area contributed by atoms with Gasteiger partial charge in [-0.25, -0.2) is 9.68 Å². The van der Waals surface area contributed by atoms with E-state index in [2.05, 4.69) is 9.78 Å². The molecule has 2 N–H and O–H groups in total. The van der Waals surface area contributed by atoms with Crippen molar-refractivity contribution >= 4 is 23.0 Å². The molecule has 0 aliphatic carbocycles. The SMILES string of the molecule is CC(C)[C@H](N)C(=O)OOc1c([N+](=O)[O-])cc([N+](=O)[O-])cc1[N+](=O)[O-]. The summed E-state index contributed by atoms with van der Waals surface area (Å²) >= 11 is 0. The first-order chi connectivity index (χ1) is 11.1. The van der Waals surface area contributed by atoms with E-state index in [0.29, 0.717) is 12.1 Å². The van der Waals surface area contributed by atoms with Crippen molar-refractivity contribution in [2.45, 2.75) is 19.9 Å². The molecule has 0 bridgehead atoms. The maximum absolute atomic E-state index is 11.6. The number of carbonyl (C=O) groups excluding carboxylic acids is 1. The van der Waals surface area contributed by atoms with Crippen LogP contribution in [0.3, 0.4) is 0 Å². The largest absolute Gasteiger partial charge is 0.372 e. The molecule has 0 amide bonds. The highest BCUT2D eigenvalue weighted by Gasteiger charge is 2.34. The third-order valence-corrected chi connectivity index (χ3v) is 2.84. The molecule has 0 saturated heterocycles. The van der Waals surface area contributed by atoms with Gasteiger partial charge in [0.1, 0.15) is 6.04 Å².